The van der Waals surface area contributed by atoms with E-state index in [1.54, 1.807) is 6.07 Å². The predicted molar refractivity (Wildman–Crippen MR) is 72.5 cm³/mol. The van der Waals surface area contributed by atoms with Crippen molar-refractivity contribution in [1.29, 1.82) is 0 Å². The zero-order chi connectivity index (χ0) is 12.4. The summed E-state index contributed by atoms with van der Waals surface area (Å²) in [6.45, 7) is 3.98. The number of halogens is 2. The summed E-state index contributed by atoms with van der Waals surface area (Å²) in [7, 11) is 0. The molecule has 0 aliphatic rings. The third kappa shape index (κ3) is 2.99. The summed E-state index contributed by atoms with van der Waals surface area (Å²) in [6.07, 6.45) is 0. The Kier molecular flexibility index (Phi) is 3.69. The van der Waals surface area contributed by atoms with Crippen molar-refractivity contribution in [3.63, 3.8) is 0 Å². The Morgan fingerprint density at radius 2 is 2.12 bits per heavy atom. The van der Waals surface area contributed by atoms with Crippen LogP contribution in [0.5, 0.6) is 0 Å². The topological polar surface area (TPSA) is 12.0 Å². The first-order valence-corrected chi connectivity index (χ1v) is 6.58. The minimum Gasteiger partial charge on any atom is -0.378 e. The molecular formula is C13H13ClFNS. The summed E-state index contributed by atoms with van der Waals surface area (Å²) in [5.74, 6) is -0.228. The molecule has 0 bridgehead atoms. The SMILES string of the molecule is Cc1ccc(F)cc1NC(C)c1csc(Cl)c1. The van der Waals surface area contributed by atoms with Crippen LogP contribution < -0.4 is 5.32 Å². The summed E-state index contributed by atoms with van der Waals surface area (Å²) in [4.78, 5) is 0. The lowest BCUT2D eigenvalue weighted by molar-refractivity contribution is 0.627. The molecule has 0 aliphatic heterocycles. The van der Waals surface area contributed by atoms with Crippen LogP contribution in [0.4, 0.5) is 10.1 Å². The zero-order valence-corrected chi connectivity index (χ0v) is 11.2. The highest BCUT2D eigenvalue weighted by Crippen LogP contribution is 2.28. The second-order valence-electron chi connectivity index (χ2n) is 4.01. The molecule has 1 aromatic heterocycles. The fourth-order valence-electron chi connectivity index (χ4n) is 1.62. The highest BCUT2D eigenvalue weighted by Gasteiger charge is 2.09. The normalized spacial score (nSPS) is 12.5. The Labute approximate surface area is 109 Å². The third-order valence-corrected chi connectivity index (χ3v) is 3.77. The van der Waals surface area contributed by atoms with Gasteiger partial charge in [-0.2, -0.15) is 0 Å². The van der Waals surface area contributed by atoms with E-state index in [-0.39, 0.29) is 11.9 Å². The smallest absolute Gasteiger partial charge is 0.125 e. The van der Waals surface area contributed by atoms with Crippen LogP contribution in [0.1, 0.15) is 24.1 Å². The molecule has 0 spiro atoms. The highest BCUT2D eigenvalue weighted by molar-refractivity contribution is 7.14. The standard InChI is InChI=1S/C13H13ClFNS/c1-8-3-4-11(15)6-12(8)16-9(2)10-5-13(14)17-7-10/h3-7,9,16H,1-2H3. The van der Waals surface area contributed by atoms with Gasteiger partial charge in [0.05, 0.1) is 4.34 Å². The number of benzene rings is 1. The molecule has 1 unspecified atom stereocenters. The van der Waals surface area contributed by atoms with Crippen molar-refractivity contribution in [2.45, 2.75) is 19.9 Å². The molecule has 0 amide bonds. The van der Waals surface area contributed by atoms with E-state index in [0.717, 1.165) is 21.2 Å². The first kappa shape index (κ1) is 12.4. The van der Waals surface area contributed by atoms with Crippen LogP contribution in [-0.2, 0) is 0 Å². The molecule has 17 heavy (non-hydrogen) atoms. The Balaban J connectivity index is 2.18. The molecule has 0 radical (unpaired) electrons. The van der Waals surface area contributed by atoms with Crippen LogP contribution in [-0.4, -0.2) is 0 Å². The summed E-state index contributed by atoms with van der Waals surface area (Å²) in [5.41, 5.74) is 2.96. The van der Waals surface area contributed by atoms with Crippen molar-refractivity contribution in [3.8, 4) is 0 Å². The lowest BCUT2D eigenvalue weighted by atomic mass is 10.1. The molecule has 4 heteroatoms. The van der Waals surface area contributed by atoms with Crippen LogP contribution in [0.15, 0.2) is 29.6 Å². The number of hydrogen-bond donors (Lipinski definition) is 1. The van der Waals surface area contributed by atoms with Crippen molar-refractivity contribution in [3.05, 3.63) is 50.9 Å². The van der Waals surface area contributed by atoms with E-state index in [0.29, 0.717) is 0 Å². The van der Waals surface area contributed by atoms with Gasteiger partial charge < -0.3 is 5.32 Å². The van der Waals surface area contributed by atoms with E-state index in [1.165, 1.54) is 23.5 Å². The predicted octanol–water partition coefficient (Wildman–Crippen LogP) is 5.02. The van der Waals surface area contributed by atoms with Crippen LogP contribution >= 0.6 is 22.9 Å². The van der Waals surface area contributed by atoms with Crippen molar-refractivity contribution in [2.75, 3.05) is 5.32 Å². The average molecular weight is 270 g/mol. The van der Waals surface area contributed by atoms with Gasteiger partial charge in [0.25, 0.3) is 0 Å². The van der Waals surface area contributed by atoms with Gasteiger partial charge in [0, 0.05) is 11.7 Å². The van der Waals surface area contributed by atoms with Gasteiger partial charge in [-0.3, -0.25) is 0 Å². The van der Waals surface area contributed by atoms with Crippen molar-refractivity contribution < 1.29 is 4.39 Å². The molecular weight excluding hydrogens is 257 g/mol. The number of nitrogens with one attached hydrogen (secondary N) is 1. The number of hydrogen-bond acceptors (Lipinski definition) is 2. The minimum absolute atomic E-state index is 0.110. The summed E-state index contributed by atoms with van der Waals surface area (Å²) < 4.78 is 13.9. The van der Waals surface area contributed by atoms with Crippen LogP contribution in [0.3, 0.4) is 0 Å². The molecule has 0 fully saturated rings. The van der Waals surface area contributed by atoms with Crippen LogP contribution in [0, 0.1) is 12.7 Å². The monoisotopic (exact) mass is 269 g/mol. The molecule has 1 atom stereocenters. The minimum atomic E-state index is -0.228. The first-order valence-electron chi connectivity index (χ1n) is 5.33. The van der Waals surface area contributed by atoms with E-state index in [1.807, 2.05) is 25.3 Å². The summed E-state index contributed by atoms with van der Waals surface area (Å²) >= 11 is 7.40. The summed E-state index contributed by atoms with van der Waals surface area (Å²) in [6, 6.07) is 6.79. The van der Waals surface area contributed by atoms with E-state index < -0.39 is 0 Å². The molecule has 2 rings (SSSR count). The van der Waals surface area contributed by atoms with Crippen molar-refractivity contribution in [2.24, 2.45) is 0 Å². The molecule has 1 aromatic carbocycles. The molecule has 0 saturated carbocycles. The van der Waals surface area contributed by atoms with E-state index in [4.69, 9.17) is 11.6 Å². The summed E-state index contributed by atoms with van der Waals surface area (Å²) in [5, 5.41) is 5.30. The molecule has 1 N–H and O–H groups in total. The van der Waals surface area contributed by atoms with Gasteiger partial charge in [-0.15, -0.1) is 11.3 Å². The molecule has 2 aromatic rings. The number of rotatable bonds is 3. The maximum Gasteiger partial charge on any atom is 0.125 e. The Hall–Kier alpha value is -1.06. The van der Waals surface area contributed by atoms with E-state index in [9.17, 15) is 4.39 Å². The van der Waals surface area contributed by atoms with Gasteiger partial charge >= 0.3 is 0 Å². The van der Waals surface area contributed by atoms with Gasteiger partial charge in [0.2, 0.25) is 0 Å². The zero-order valence-electron chi connectivity index (χ0n) is 9.63. The molecule has 0 aliphatic carbocycles. The van der Waals surface area contributed by atoms with Crippen LogP contribution in [0.25, 0.3) is 0 Å². The van der Waals surface area contributed by atoms with Crippen molar-refractivity contribution in [1.82, 2.24) is 0 Å². The van der Waals surface area contributed by atoms with Gasteiger partial charge in [-0.1, -0.05) is 17.7 Å². The Bertz CT molecular complexity index is 524. The Morgan fingerprint density at radius 1 is 1.35 bits per heavy atom. The maximum atomic E-state index is 13.1. The fourth-order valence-corrected chi connectivity index (χ4v) is 2.60. The third-order valence-electron chi connectivity index (χ3n) is 2.66. The van der Waals surface area contributed by atoms with E-state index in [2.05, 4.69) is 5.32 Å². The molecule has 0 saturated heterocycles. The van der Waals surface area contributed by atoms with Gasteiger partial charge in [-0.25, -0.2) is 4.39 Å². The largest absolute Gasteiger partial charge is 0.378 e. The quantitative estimate of drug-likeness (QED) is 0.825. The number of anilines is 1. The Morgan fingerprint density at radius 3 is 2.76 bits per heavy atom. The van der Waals surface area contributed by atoms with Crippen molar-refractivity contribution >= 4 is 28.6 Å². The highest BCUT2D eigenvalue weighted by atomic mass is 35.5. The van der Waals surface area contributed by atoms with Crippen LogP contribution in [0.2, 0.25) is 4.34 Å². The van der Waals surface area contributed by atoms with E-state index >= 15 is 0 Å². The number of aryl methyl sites for hydroxylation is 1. The van der Waals surface area contributed by atoms with Gasteiger partial charge in [0.15, 0.2) is 0 Å². The average Bonchev–Trinajstić information content (AvgIpc) is 2.70. The second-order valence-corrected chi connectivity index (χ2v) is 5.55. The first-order chi connectivity index (χ1) is 8.06. The lowest BCUT2D eigenvalue weighted by Gasteiger charge is -2.16. The van der Waals surface area contributed by atoms with Gasteiger partial charge in [0.1, 0.15) is 5.82 Å². The molecule has 90 valence electrons. The molecule has 1 heterocycles. The second kappa shape index (κ2) is 5.07. The molecule has 1 nitrogen and oxygen atoms in total. The lowest BCUT2D eigenvalue weighted by Crippen LogP contribution is -2.06. The number of thiophene rings is 1. The van der Waals surface area contributed by atoms with Gasteiger partial charge in [-0.05, 0) is 48.6 Å². The maximum absolute atomic E-state index is 13.1. The fraction of sp³-hybridized carbons (Fsp3) is 0.231.